The molecule has 5 rings (SSSR count). The van der Waals surface area contributed by atoms with E-state index >= 15 is 0 Å². The lowest BCUT2D eigenvalue weighted by molar-refractivity contribution is -0.121. The van der Waals surface area contributed by atoms with E-state index in [0.717, 1.165) is 18.7 Å². The molecule has 2 aromatic carbocycles. The lowest BCUT2D eigenvalue weighted by atomic mass is 9.95. The fraction of sp³-hybridized carbons (Fsp3) is 0.385. The first-order chi connectivity index (χ1) is 17.6. The van der Waals surface area contributed by atoms with Crippen LogP contribution in [0.5, 0.6) is 0 Å². The average molecular weight is 510 g/mol. The molecule has 0 saturated carbocycles. The van der Waals surface area contributed by atoms with E-state index in [1.165, 1.54) is 0 Å². The predicted molar refractivity (Wildman–Crippen MR) is 135 cm³/mol. The standard InChI is InChI=1S/C26H28ClN5O4/c27-20-5-3-4-19(16-20)24-29-23(36-30-24)17-31-10-8-18(9-11-31)25(33)28-22-7-2-1-6-21(22)26(34)32-12-14-35-15-13-32/h1-7,16,18H,8-15,17H2,(H,28,33). The Hall–Kier alpha value is -3.27. The molecule has 2 aliphatic heterocycles. The second-order valence-electron chi connectivity index (χ2n) is 9.01. The summed E-state index contributed by atoms with van der Waals surface area (Å²) < 4.78 is 10.8. The minimum absolute atomic E-state index is 0.0575. The molecule has 0 bridgehead atoms. The lowest BCUT2D eigenvalue weighted by Gasteiger charge is -2.30. The number of morpholine rings is 1. The molecule has 0 aliphatic carbocycles. The Morgan fingerprint density at radius 2 is 1.81 bits per heavy atom. The number of rotatable bonds is 6. The van der Waals surface area contributed by atoms with Crippen LogP contribution in [0.15, 0.2) is 53.1 Å². The monoisotopic (exact) mass is 509 g/mol. The molecular weight excluding hydrogens is 482 g/mol. The van der Waals surface area contributed by atoms with Gasteiger partial charge in [-0.05, 0) is 50.2 Å². The number of anilines is 1. The maximum absolute atomic E-state index is 13.0. The van der Waals surface area contributed by atoms with Gasteiger partial charge in [-0.3, -0.25) is 14.5 Å². The highest BCUT2D eigenvalue weighted by molar-refractivity contribution is 6.30. The van der Waals surface area contributed by atoms with Gasteiger partial charge in [0.1, 0.15) is 0 Å². The average Bonchev–Trinajstić information content (AvgIpc) is 3.38. The third kappa shape index (κ3) is 5.75. The van der Waals surface area contributed by atoms with Crippen LogP contribution >= 0.6 is 11.6 Å². The van der Waals surface area contributed by atoms with Gasteiger partial charge in [0.2, 0.25) is 17.6 Å². The molecule has 10 heteroatoms. The summed E-state index contributed by atoms with van der Waals surface area (Å²) in [7, 11) is 0. The zero-order chi connectivity index (χ0) is 24.9. The second kappa shape index (κ2) is 11.2. The topological polar surface area (TPSA) is 101 Å². The van der Waals surface area contributed by atoms with Crippen LogP contribution < -0.4 is 5.32 Å². The van der Waals surface area contributed by atoms with Gasteiger partial charge in [-0.2, -0.15) is 4.98 Å². The first kappa shape index (κ1) is 24.4. The number of aromatic nitrogens is 2. The Kier molecular flexibility index (Phi) is 7.60. The first-order valence-corrected chi connectivity index (χ1v) is 12.5. The summed E-state index contributed by atoms with van der Waals surface area (Å²) in [5, 5.41) is 7.69. The van der Waals surface area contributed by atoms with Gasteiger partial charge in [-0.25, -0.2) is 0 Å². The molecule has 0 unspecified atom stereocenters. The van der Waals surface area contributed by atoms with Crippen LogP contribution in [0, 0.1) is 5.92 Å². The number of piperidine rings is 1. The maximum atomic E-state index is 13.0. The van der Waals surface area contributed by atoms with Crippen LogP contribution in [0.2, 0.25) is 5.02 Å². The molecule has 1 aromatic heterocycles. The molecule has 0 atom stereocenters. The zero-order valence-corrected chi connectivity index (χ0v) is 20.6. The molecule has 0 radical (unpaired) electrons. The third-order valence-corrected chi connectivity index (χ3v) is 6.82. The van der Waals surface area contributed by atoms with E-state index in [1.807, 2.05) is 24.3 Å². The van der Waals surface area contributed by atoms with E-state index in [9.17, 15) is 9.59 Å². The predicted octanol–water partition coefficient (Wildman–Crippen LogP) is 3.71. The molecule has 1 N–H and O–H groups in total. The van der Waals surface area contributed by atoms with Crippen molar-refractivity contribution in [3.63, 3.8) is 0 Å². The molecule has 9 nitrogen and oxygen atoms in total. The fourth-order valence-electron chi connectivity index (χ4n) is 4.56. The third-order valence-electron chi connectivity index (χ3n) is 6.58. The van der Waals surface area contributed by atoms with E-state index in [0.29, 0.717) is 73.7 Å². The minimum atomic E-state index is -0.127. The molecule has 0 spiro atoms. The van der Waals surface area contributed by atoms with Crippen LogP contribution in [-0.2, 0) is 16.1 Å². The molecule has 3 aromatic rings. The Bertz CT molecular complexity index is 1220. The molecule has 2 aliphatic rings. The minimum Gasteiger partial charge on any atom is -0.378 e. The van der Waals surface area contributed by atoms with Crippen molar-refractivity contribution < 1.29 is 18.8 Å². The van der Waals surface area contributed by atoms with Crippen molar-refractivity contribution in [3.8, 4) is 11.4 Å². The van der Waals surface area contributed by atoms with Crippen molar-refractivity contribution in [2.24, 2.45) is 5.92 Å². The highest BCUT2D eigenvalue weighted by Gasteiger charge is 2.28. The van der Waals surface area contributed by atoms with Gasteiger partial charge in [0.25, 0.3) is 5.91 Å². The van der Waals surface area contributed by atoms with Gasteiger partial charge in [-0.1, -0.05) is 41.0 Å². The number of benzene rings is 2. The Morgan fingerprint density at radius 1 is 1.03 bits per heavy atom. The Balaban J connectivity index is 1.15. The number of hydrogen-bond acceptors (Lipinski definition) is 7. The van der Waals surface area contributed by atoms with Gasteiger partial charge >= 0.3 is 0 Å². The van der Waals surface area contributed by atoms with Crippen molar-refractivity contribution in [1.82, 2.24) is 19.9 Å². The van der Waals surface area contributed by atoms with Crippen molar-refractivity contribution in [1.29, 1.82) is 0 Å². The number of likely N-dealkylation sites (tertiary alicyclic amines) is 1. The number of para-hydroxylation sites is 1. The number of carbonyl (C=O) groups excluding carboxylic acids is 2. The summed E-state index contributed by atoms with van der Waals surface area (Å²) in [6.07, 6.45) is 1.42. The van der Waals surface area contributed by atoms with Crippen LogP contribution in [0.3, 0.4) is 0 Å². The number of nitrogens with one attached hydrogen (secondary N) is 1. The molecular formula is C26H28ClN5O4. The molecule has 2 saturated heterocycles. The summed E-state index contributed by atoms with van der Waals surface area (Å²) in [6.45, 7) is 4.18. The second-order valence-corrected chi connectivity index (χ2v) is 9.45. The summed E-state index contributed by atoms with van der Waals surface area (Å²) in [5.74, 6) is 0.770. The van der Waals surface area contributed by atoms with Gasteiger partial charge < -0.3 is 19.5 Å². The summed E-state index contributed by atoms with van der Waals surface area (Å²) in [6, 6.07) is 14.5. The highest BCUT2D eigenvalue weighted by Crippen LogP contribution is 2.24. The number of halogens is 1. The summed E-state index contributed by atoms with van der Waals surface area (Å²) >= 11 is 6.06. The smallest absolute Gasteiger partial charge is 0.256 e. The van der Waals surface area contributed by atoms with Crippen LogP contribution in [0.1, 0.15) is 29.1 Å². The number of hydrogen-bond donors (Lipinski definition) is 1. The normalized spacial score (nSPS) is 17.2. The number of nitrogens with zero attached hydrogens (tertiary/aromatic N) is 4. The summed E-state index contributed by atoms with van der Waals surface area (Å²) in [5.41, 5.74) is 1.87. The van der Waals surface area contributed by atoms with Gasteiger partial charge in [0.05, 0.1) is 31.0 Å². The molecule has 2 fully saturated rings. The van der Waals surface area contributed by atoms with E-state index in [4.69, 9.17) is 20.9 Å². The molecule has 2 amide bonds. The molecule has 188 valence electrons. The molecule has 3 heterocycles. The van der Waals surface area contributed by atoms with E-state index in [1.54, 1.807) is 29.2 Å². The lowest BCUT2D eigenvalue weighted by Crippen LogP contribution is -2.41. The quantitative estimate of drug-likeness (QED) is 0.540. The van der Waals surface area contributed by atoms with Crippen LogP contribution in [0.4, 0.5) is 5.69 Å². The van der Waals surface area contributed by atoms with Crippen molar-refractivity contribution in [3.05, 3.63) is 65.0 Å². The van der Waals surface area contributed by atoms with E-state index < -0.39 is 0 Å². The van der Waals surface area contributed by atoms with Gasteiger partial charge in [-0.15, -0.1) is 0 Å². The van der Waals surface area contributed by atoms with Crippen molar-refractivity contribution >= 4 is 29.1 Å². The van der Waals surface area contributed by atoms with E-state index in [-0.39, 0.29) is 17.7 Å². The zero-order valence-electron chi connectivity index (χ0n) is 19.9. The largest absolute Gasteiger partial charge is 0.378 e. The Labute approximate surface area is 214 Å². The molecule has 36 heavy (non-hydrogen) atoms. The van der Waals surface area contributed by atoms with Crippen molar-refractivity contribution in [2.75, 3.05) is 44.7 Å². The Morgan fingerprint density at radius 3 is 2.58 bits per heavy atom. The van der Waals surface area contributed by atoms with Crippen molar-refractivity contribution in [2.45, 2.75) is 19.4 Å². The fourth-order valence-corrected chi connectivity index (χ4v) is 4.75. The first-order valence-electron chi connectivity index (χ1n) is 12.1. The number of amides is 2. The van der Waals surface area contributed by atoms with Crippen LogP contribution in [-0.4, -0.2) is 71.1 Å². The number of ether oxygens (including phenoxy) is 1. The van der Waals surface area contributed by atoms with Crippen LogP contribution in [0.25, 0.3) is 11.4 Å². The van der Waals surface area contributed by atoms with Gasteiger partial charge in [0, 0.05) is 29.6 Å². The maximum Gasteiger partial charge on any atom is 0.256 e. The highest BCUT2D eigenvalue weighted by atomic mass is 35.5. The number of carbonyl (C=O) groups is 2. The summed E-state index contributed by atoms with van der Waals surface area (Å²) in [4.78, 5) is 34.5. The van der Waals surface area contributed by atoms with E-state index in [2.05, 4.69) is 20.4 Å². The SMILES string of the molecule is O=C(Nc1ccccc1C(=O)N1CCOCC1)C1CCN(Cc2nc(-c3cccc(Cl)c3)no2)CC1. The van der Waals surface area contributed by atoms with Gasteiger partial charge in [0.15, 0.2) is 0 Å².